The van der Waals surface area contributed by atoms with E-state index in [-0.39, 0.29) is 29.9 Å². The fourth-order valence-electron chi connectivity index (χ4n) is 4.36. The van der Waals surface area contributed by atoms with Crippen LogP contribution >= 0.6 is 0 Å². The summed E-state index contributed by atoms with van der Waals surface area (Å²) in [5.41, 5.74) is 0.551. The molecule has 2 rings (SSSR count). The maximum absolute atomic E-state index is 13.6. The molecular weight excluding hydrogens is 462 g/mol. The average molecular weight is 508 g/mol. The molecule has 0 aliphatic carbocycles. The molecule has 0 saturated carbocycles. The first-order chi connectivity index (χ1) is 17.2. The third-order valence-corrected chi connectivity index (χ3v) is 6.33. The van der Waals surface area contributed by atoms with Crippen LogP contribution in [0.1, 0.15) is 44.5 Å². The standard InChI is InChI=1S/C27H45N3O6/c1-19(2)16-29(5)27(32)36-18-23-15-28-14-22(23)17-30(20(3)4)26(31)21-9-10-24(34-7)25(13-21)35-12-8-11-33-6/h9-10,13,19-20,22-23,28H,8,11-12,14-18H2,1-7H3/t22-,23-/m0/s1. The summed E-state index contributed by atoms with van der Waals surface area (Å²) < 4.78 is 22.0. The Hall–Kier alpha value is -2.52. The van der Waals surface area contributed by atoms with E-state index in [9.17, 15) is 9.59 Å². The number of methoxy groups -OCH3 is 2. The van der Waals surface area contributed by atoms with Gasteiger partial charge in [-0.15, -0.1) is 0 Å². The Morgan fingerprint density at radius 1 is 1.06 bits per heavy atom. The Bertz CT molecular complexity index is 832. The number of hydrogen-bond acceptors (Lipinski definition) is 7. The Morgan fingerprint density at radius 2 is 1.78 bits per heavy atom. The van der Waals surface area contributed by atoms with Crippen LogP contribution in [0, 0.1) is 17.8 Å². The molecule has 1 heterocycles. The minimum Gasteiger partial charge on any atom is -0.493 e. The van der Waals surface area contributed by atoms with Gasteiger partial charge >= 0.3 is 6.09 Å². The smallest absolute Gasteiger partial charge is 0.409 e. The van der Waals surface area contributed by atoms with Crippen molar-refractivity contribution in [3.05, 3.63) is 23.8 Å². The molecule has 1 aromatic rings. The molecule has 2 amide bonds. The first-order valence-electron chi connectivity index (χ1n) is 12.9. The van der Waals surface area contributed by atoms with E-state index >= 15 is 0 Å². The molecule has 0 bridgehead atoms. The van der Waals surface area contributed by atoms with E-state index < -0.39 is 0 Å². The van der Waals surface area contributed by atoms with Gasteiger partial charge in [0.15, 0.2) is 11.5 Å². The SMILES string of the molecule is COCCCOc1cc(C(=O)N(C[C@@H]2CNC[C@H]2COC(=O)N(C)CC(C)C)C(C)C)ccc1OC. The molecule has 0 spiro atoms. The quantitative estimate of drug-likeness (QED) is 0.385. The highest BCUT2D eigenvalue weighted by atomic mass is 16.6. The molecule has 9 nitrogen and oxygen atoms in total. The number of benzene rings is 1. The lowest BCUT2D eigenvalue weighted by molar-refractivity contribution is 0.0600. The Kier molecular flexibility index (Phi) is 12.3. The molecule has 204 valence electrons. The molecule has 9 heteroatoms. The number of rotatable bonds is 14. The molecule has 1 N–H and O–H groups in total. The monoisotopic (exact) mass is 507 g/mol. The van der Waals surface area contributed by atoms with Crippen molar-refractivity contribution in [2.45, 2.75) is 40.2 Å². The van der Waals surface area contributed by atoms with Crippen LogP contribution in [0.25, 0.3) is 0 Å². The Balaban J connectivity index is 2.06. The minimum atomic E-state index is -0.303. The molecule has 1 fully saturated rings. The number of nitrogens with one attached hydrogen (secondary N) is 1. The summed E-state index contributed by atoms with van der Waals surface area (Å²) in [6.45, 7) is 12.3. The number of carbonyl (C=O) groups excluding carboxylic acids is 2. The van der Waals surface area contributed by atoms with E-state index in [2.05, 4.69) is 19.2 Å². The third-order valence-electron chi connectivity index (χ3n) is 6.33. The van der Waals surface area contributed by atoms with Gasteiger partial charge in [0, 0.05) is 70.9 Å². The fourth-order valence-corrected chi connectivity index (χ4v) is 4.36. The molecule has 1 aromatic carbocycles. The fraction of sp³-hybridized carbons (Fsp3) is 0.704. The summed E-state index contributed by atoms with van der Waals surface area (Å²) in [5.74, 6) is 1.77. The largest absolute Gasteiger partial charge is 0.493 e. The second-order valence-corrected chi connectivity index (χ2v) is 10.1. The Labute approximate surface area is 216 Å². The summed E-state index contributed by atoms with van der Waals surface area (Å²) in [7, 11) is 5.00. The van der Waals surface area contributed by atoms with Gasteiger partial charge in [0.2, 0.25) is 0 Å². The van der Waals surface area contributed by atoms with Crippen LogP contribution in [0.3, 0.4) is 0 Å². The van der Waals surface area contributed by atoms with Gasteiger partial charge in [-0.1, -0.05) is 13.8 Å². The van der Waals surface area contributed by atoms with Gasteiger partial charge in [-0.25, -0.2) is 4.79 Å². The van der Waals surface area contributed by atoms with Crippen molar-refractivity contribution < 1.29 is 28.5 Å². The van der Waals surface area contributed by atoms with Crippen LogP contribution in [-0.2, 0) is 9.47 Å². The van der Waals surface area contributed by atoms with Gasteiger partial charge in [0.05, 0.1) is 20.3 Å². The number of nitrogens with zero attached hydrogens (tertiary/aromatic N) is 2. The van der Waals surface area contributed by atoms with Gasteiger partial charge in [0.25, 0.3) is 5.91 Å². The van der Waals surface area contributed by atoms with Gasteiger partial charge in [0.1, 0.15) is 0 Å². The second-order valence-electron chi connectivity index (χ2n) is 10.1. The number of amides is 2. The lowest BCUT2D eigenvalue weighted by Crippen LogP contribution is -2.43. The van der Waals surface area contributed by atoms with Crippen LogP contribution < -0.4 is 14.8 Å². The van der Waals surface area contributed by atoms with E-state index in [0.29, 0.717) is 55.9 Å². The maximum atomic E-state index is 13.6. The molecule has 1 aliphatic rings. The van der Waals surface area contributed by atoms with Crippen molar-refractivity contribution in [1.82, 2.24) is 15.1 Å². The van der Waals surface area contributed by atoms with Crippen molar-refractivity contribution >= 4 is 12.0 Å². The van der Waals surface area contributed by atoms with Gasteiger partial charge < -0.3 is 34.1 Å². The zero-order valence-electron chi connectivity index (χ0n) is 23.0. The minimum absolute atomic E-state index is 0.00616. The van der Waals surface area contributed by atoms with Crippen LogP contribution in [0.5, 0.6) is 11.5 Å². The molecule has 1 aliphatic heterocycles. The van der Waals surface area contributed by atoms with E-state index in [1.165, 1.54) is 0 Å². The van der Waals surface area contributed by atoms with Crippen LogP contribution in [-0.4, -0.2) is 95.1 Å². The van der Waals surface area contributed by atoms with Crippen LogP contribution in [0.2, 0.25) is 0 Å². The van der Waals surface area contributed by atoms with Crippen molar-refractivity contribution in [3.8, 4) is 11.5 Å². The van der Waals surface area contributed by atoms with Crippen LogP contribution in [0.15, 0.2) is 18.2 Å². The molecule has 0 radical (unpaired) electrons. The van der Waals surface area contributed by atoms with Crippen LogP contribution in [0.4, 0.5) is 4.79 Å². The topological polar surface area (TPSA) is 89.6 Å². The second kappa shape index (κ2) is 14.9. The number of ether oxygens (including phenoxy) is 4. The lowest BCUT2D eigenvalue weighted by Gasteiger charge is -2.32. The molecule has 0 aromatic heterocycles. The van der Waals surface area contributed by atoms with Crippen molar-refractivity contribution in [1.29, 1.82) is 0 Å². The summed E-state index contributed by atoms with van der Waals surface area (Å²) in [6.07, 6.45) is 0.437. The highest BCUT2D eigenvalue weighted by molar-refractivity contribution is 5.95. The molecule has 0 unspecified atom stereocenters. The van der Waals surface area contributed by atoms with Crippen molar-refractivity contribution in [2.75, 3.05) is 67.3 Å². The molecule has 2 atom stereocenters. The lowest BCUT2D eigenvalue weighted by atomic mass is 9.95. The van der Waals surface area contributed by atoms with Gasteiger partial charge in [-0.2, -0.15) is 0 Å². The van der Waals surface area contributed by atoms with Gasteiger partial charge in [-0.05, 0) is 43.9 Å². The van der Waals surface area contributed by atoms with Crippen molar-refractivity contribution in [3.63, 3.8) is 0 Å². The summed E-state index contributed by atoms with van der Waals surface area (Å²) in [6, 6.07) is 5.30. The highest BCUT2D eigenvalue weighted by Gasteiger charge is 2.33. The van der Waals surface area contributed by atoms with E-state index in [0.717, 1.165) is 19.5 Å². The van der Waals surface area contributed by atoms with E-state index in [1.807, 2.05) is 18.7 Å². The number of carbonyl (C=O) groups is 2. The average Bonchev–Trinajstić information content (AvgIpc) is 3.29. The molecule has 36 heavy (non-hydrogen) atoms. The maximum Gasteiger partial charge on any atom is 0.409 e. The predicted octanol–water partition coefficient (Wildman–Crippen LogP) is 3.52. The molecule has 1 saturated heterocycles. The van der Waals surface area contributed by atoms with E-state index in [4.69, 9.17) is 18.9 Å². The summed E-state index contributed by atoms with van der Waals surface area (Å²) in [5, 5.41) is 3.40. The third kappa shape index (κ3) is 8.85. The Morgan fingerprint density at radius 3 is 2.42 bits per heavy atom. The first kappa shape index (κ1) is 29.7. The summed E-state index contributed by atoms with van der Waals surface area (Å²) >= 11 is 0. The zero-order chi connectivity index (χ0) is 26.7. The van der Waals surface area contributed by atoms with E-state index in [1.54, 1.807) is 44.4 Å². The molecular formula is C27H45N3O6. The summed E-state index contributed by atoms with van der Waals surface area (Å²) in [4.78, 5) is 29.4. The predicted molar refractivity (Wildman–Crippen MR) is 140 cm³/mol. The first-order valence-corrected chi connectivity index (χ1v) is 12.9. The van der Waals surface area contributed by atoms with Gasteiger partial charge in [-0.3, -0.25) is 4.79 Å². The van der Waals surface area contributed by atoms with Crippen molar-refractivity contribution in [2.24, 2.45) is 17.8 Å². The normalized spacial score (nSPS) is 17.4. The number of hydrogen-bond donors (Lipinski definition) is 1. The zero-order valence-corrected chi connectivity index (χ0v) is 23.0. The highest BCUT2D eigenvalue weighted by Crippen LogP contribution is 2.29.